The molecule has 0 aromatic heterocycles. The van der Waals surface area contributed by atoms with E-state index in [1.807, 2.05) is 0 Å². The topological polar surface area (TPSA) is 52.6 Å². The number of carbonyl (C=O) groups is 2. The number of para-hydroxylation sites is 1. The van der Waals surface area contributed by atoms with Crippen molar-refractivity contribution in [1.29, 1.82) is 0 Å². The van der Waals surface area contributed by atoms with E-state index < -0.39 is 17.5 Å². The normalized spacial score (nSPS) is 11.7. The fourth-order valence-corrected chi connectivity index (χ4v) is 1.17. The van der Waals surface area contributed by atoms with E-state index >= 15 is 0 Å². The third-order valence-corrected chi connectivity index (χ3v) is 1.72. The van der Waals surface area contributed by atoms with Crippen LogP contribution in [0.3, 0.4) is 0 Å². The number of benzene rings is 1. The Hall–Kier alpha value is -1.55. The third-order valence-electron chi connectivity index (χ3n) is 1.63. The first-order valence-electron chi connectivity index (χ1n) is 4.63. The van der Waals surface area contributed by atoms with Gasteiger partial charge in [-0.05, 0) is 19.1 Å². The third kappa shape index (κ3) is 3.55. The molecule has 0 saturated heterocycles. The Kier molecular flexibility index (Phi) is 4.31. The predicted octanol–water partition coefficient (Wildman–Crippen LogP) is 2.35. The molecule has 0 bridgehead atoms. The number of alkyl halides is 1. The van der Waals surface area contributed by atoms with Crippen LogP contribution in [-0.2, 0) is 9.53 Å². The quantitative estimate of drug-likeness (QED) is 0.464. The van der Waals surface area contributed by atoms with Gasteiger partial charge >= 0.3 is 11.9 Å². The molecular weight excluding hydrogens is 232 g/mol. The largest absolute Gasteiger partial charge is 0.443 e. The standard InChI is InChI=1S/C11H11ClO4/c1-7(12)15-11(14)9-5-3-4-6-10(9)16-8(2)13/h3-7H,1-2H3. The monoisotopic (exact) mass is 242 g/mol. The first-order chi connectivity index (χ1) is 7.50. The van der Waals surface area contributed by atoms with Gasteiger partial charge in [-0.1, -0.05) is 23.7 Å². The molecule has 16 heavy (non-hydrogen) atoms. The van der Waals surface area contributed by atoms with E-state index in [-0.39, 0.29) is 11.3 Å². The van der Waals surface area contributed by atoms with Gasteiger partial charge in [-0.25, -0.2) is 4.79 Å². The van der Waals surface area contributed by atoms with Crippen LogP contribution in [0, 0.1) is 0 Å². The number of hydrogen-bond donors (Lipinski definition) is 0. The van der Waals surface area contributed by atoms with Crippen molar-refractivity contribution in [3.05, 3.63) is 29.8 Å². The molecule has 0 saturated carbocycles. The maximum Gasteiger partial charge on any atom is 0.343 e. The Balaban J connectivity index is 2.94. The maximum absolute atomic E-state index is 11.6. The Bertz CT molecular complexity index is 401. The summed E-state index contributed by atoms with van der Waals surface area (Å²) < 4.78 is 9.66. The highest BCUT2D eigenvalue weighted by atomic mass is 35.5. The molecule has 1 unspecified atom stereocenters. The number of rotatable bonds is 3. The van der Waals surface area contributed by atoms with Gasteiger partial charge in [-0.15, -0.1) is 0 Å². The van der Waals surface area contributed by atoms with Crippen LogP contribution >= 0.6 is 11.6 Å². The summed E-state index contributed by atoms with van der Waals surface area (Å²) in [6.45, 7) is 2.78. The van der Waals surface area contributed by atoms with Crippen LogP contribution < -0.4 is 4.74 Å². The van der Waals surface area contributed by atoms with Gasteiger partial charge in [0.15, 0.2) is 5.56 Å². The van der Waals surface area contributed by atoms with E-state index in [1.54, 1.807) is 12.1 Å². The van der Waals surface area contributed by atoms with E-state index in [1.165, 1.54) is 26.0 Å². The molecule has 4 nitrogen and oxygen atoms in total. The summed E-state index contributed by atoms with van der Waals surface area (Å²) >= 11 is 5.53. The van der Waals surface area contributed by atoms with Crippen LogP contribution in [0.4, 0.5) is 0 Å². The number of hydrogen-bond acceptors (Lipinski definition) is 4. The maximum atomic E-state index is 11.6. The Morgan fingerprint density at radius 3 is 2.50 bits per heavy atom. The first kappa shape index (κ1) is 12.5. The molecule has 1 aromatic rings. The molecule has 0 spiro atoms. The van der Waals surface area contributed by atoms with E-state index in [9.17, 15) is 9.59 Å². The van der Waals surface area contributed by atoms with Gasteiger partial charge in [0.05, 0.1) is 0 Å². The number of carbonyl (C=O) groups excluding carboxylic acids is 2. The number of halogens is 1. The lowest BCUT2D eigenvalue weighted by Crippen LogP contribution is -2.12. The van der Waals surface area contributed by atoms with E-state index in [2.05, 4.69) is 0 Å². The van der Waals surface area contributed by atoms with Crippen molar-refractivity contribution >= 4 is 23.5 Å². The molecular formula is C11H11ClO4. The fourth-order valence-electron chi connectivity index (χ4n) is 1.09. The molecule has 0 aliphatic heterocycles. The lowest BCUT2D eigenvalue weighted by Gasteiger charge is -2.09. The van der Waals surface area contributed by atoms with Gasteiger partial charge in [0.1, 0.15) is 11.3 Å². The minimum absolute atomic E-state index is 0.164. The molecule has 0 aliphatic rings. The second-order valence-electron chi connectivity index (χ2n) is 3.04. The van der Waals surface area contributed by atoms with Crippen molar-refractivity contribution in [3.8, 4) is 5.75 Å². The van der Waals surface area contributed by atoms with Crippen molar-refractivity contribution in [2.24, 2.45) is 0 Å². The van der Waals surface area contributed by atoms with Gasteiger partial charge in [0.2, 0.25) is 0 Å². The molecule has 5 heteroatoms. The molecule has 0 aliphatic carbocycles. The fraction of sp³-hybridized carbons (Fsp3) is 0.273. The molecule has 1 rings (SSSR count). The summed E-state index contributed by atoms with van der Waals surface area (Å²) in [7, 11) is 0. The molecule has 86 valence electrons. The van der Waals surface area contributed by atoms with E-state index in [4.69, 9.17) is 21.1 Å². The van der Waals surface area contributed by atoms with Gasteiger partial charge in [0, 0.05) is 6.92 Å². The van der Waals surface area contributed by atoms with Crippen LogP contribution in [0.5, 0.6) is 5.75 Å². The average Bonchev–Trinajstić information content (AvgIpc) is 2.16. The molecule has 0 amide bonds. The van der Waals surface area contributed by atoms with Gasteiger partial charge in [-0.3, -0.25) is 4.79 Å². The Morgan fingerprint density at radius 1 is 1.31 bits per heavy atom. The van der Waals surface area contributed by atoms with Crippen LogP contribution in [0.15, 0.2) is 24.3 Å². The second-order valence-corrected chi connectivity index (χ2v) is 3.65. The molecule has 0 heterocycles. The van der Waals surface area contributed by atoms with Gasteiger partial charge < -0.3 is 9.47 Å². The first-order valence-corrected chi connectivity index (χ1v) is 5.07. The zero-order valence-corrected chi connectivity index (χ0v) is 9.65. The molecule has 0 radical (unpaired) electrons. The van der Waals surface area contributed by atoms with Gasteiger partial charge in [-0.2, -0.15) is 0 Å². The molecule has 1 aromatic carbocycles. The lowest BCUT2D eigenvalue weighted by molar-refractivity contribution is -0.131. The van der Waals surface area contributed by atoms with Crippen LogP contribution in [-0.4, -0.2) is 17.5 Å². The highest BCUT2D eigenvalue weighted by Gasteiger charge is 2.16. The Morgan fingerprint density at radius 2 is 1.94 bits per heavy atom. The molecule has 1 atom stereocenters. The second kappa shape index (κ2) is 5.51. The van der Waals surface area contributed by atoms with Crippen molar-refractivity contribution < 1.29 is 19.1 Å². The summed E-state index contributed by atoms with van der Waals surface area (Å²) in [6, 6.07) is 6.30. The van der Waals surface area contributed by atoms with E-state index in [0.29, 0.717) is 0 Å². The van der Waals surface area contributed by atoms with Crippen molar-refractivity contribution in [1.82, 2.24) is 0 Å². The highest BCUT2D eigenvalue weighted by molar-refractivity contribution is 6.20. The van der Waals surface area contributed by atoms with Crippen molar-refractivity contribution in [2.75, 3.05) is 0 Å². The number of esters is 2. The van der Waals surface area contributed by atoms with Crippen molar-refractivity contribution in [3.63, 3.8) is 0 Å². The van der Waals surface area contributed by atoms with E-state index in [0.717, 1.165) is 0 Å². The highest BCUT2D eigenvalue weighted by Crippen LogP contribution is 2.20. The van der Waals surface area contributed by atoms with Gasteiger partial charge in [0.25, 0.3) is 0 Å². The van der Waals surface area contributed by atoms with Crippen LogP contribution in [0.25, 0.3) is 0 Å². The zero-order chi connectivity index (χ0) is 12.1. The average molecular weight is 243 g/mol. The van der Waals surface area contributed by atoms with Crippen molar-refractivity contribution in [2.45, 2.75) is 19.4 Å². The SMILES string of the molecule is CC(=O)Oc1ccccc1C(=O)OC(C)Cl. The molecule has 0 fully saturated rings. The summed E-state index contributed by atoms with van der Waals surface area (Å²) in [4.78, 5) is 22.4. The summed E-state index contributed by atoms with van der Waals surface area (Å²) in [5.41, 5.74) is -0.567. The summed E-state index contributed by atoms with van der Waals surface area (Å²) in [5, 5.41) is 0. The van der Waals surface area contributed by atoms with Crippen LogP contribution in [0.2, 0.25) is 0 Å². The Labute approximate surface area is 98.1 Å². The predicted molar refractivity (Wildman–Crippen MR) is 58.5 cm³/mol. The zero-order valence-electron chi connectivity index (χ0n) is 8.90. The minimum atomic E-state index is -0.738. The molecule has 0 N–H and O–H groups in total. The number of ether oxygens (including phenoxy) is 2. The van der Waals surface area contributed by atoms with Crippen LogP contribution in [0.1, 0.15) is 24.2 Å². The minimum Gasteiger partial charge on any atom is -0.443 e. The summed E-state index contributed by atoms with van der Waals surface area (Å²) in [6.07, 6.45) is 0. The smallest absolute Gasteiger partial charge is 0.343 e. The summed E-state index contributed by atoms with van der Waals surface area (Å²) in [5.74, 6) is -0.962. The lowest BCUT2D eigenvalue weighted by atomic mass is 10.2.